The summed E-state index contributed by atoms with van der Waals surface area (Å²) in [6, 6.07) is 71.6. The molecular weight excluding hydrogens is 631 g/mol. The van der Waals surface area contributed by atoms with Gasteiger partial charge >= 0.3 is 0 Å². The summed E-state index contributed by atoms with van der Waals surface area (Å²) in [6.45, 7) is 0. The van der Waals surface area contributed by atoms with Crippen LogP contribution < -0.4 is 4.90 Å². The van der Waals surface area contributed by atoms with Crippen molar-refractivity contribution >= 4 is 60.5 Å². The molecule has 52 heavy (non-hydrogen) atoms. The molecule has 2 heteroatoms. The molecule has 0 fully saturated rings. The first kappa shape index (κ1) is 30.0. The third-order valence-corrected chi connectivity index (χ3v) is 10.2. The molecule has 0 aliphatic heterocycles. The smallest absolute Gasteiger partial charge is 0.143 e. The van der Waals surface area contributed by atoms with E-state index < -0.39 is 0 Å². The Hall–Kier alpha value is -6.90. The Kier molecular flexibility index (Phi) is 7.18. The topological polar surface area (TPSA) is 16.4 Å². The van der Waals surface area contributed by atoms with Gasteiger partial charge in [0.05, 0.1) is 0 Å². The van der Waals surface area contributed by atoms with E-state index in [-0.39, 0.29) is 0 Å². The lowest BCUT2D eigenvalue weighted by Crippen LogP contribution is -2.09. The van der Waals surface area contributed by atoms with Gasteiger partial charge in [0.15, 0.2) is 0 Å². The van der Waals surface area contributed by atoms with Gasteiger partial charge in [0.2, 0.25) is 0 Å². The summed E-state index contributed by atoms with van der Waals surface area (Å²) in [5.74, 6) is 0. The molecule has 0 radical (unpaired) electrons. The summed E-state index contributed by atoms with van der Waals surface area (Å²) in [5, 5.41) is 7.00. The summed E-state index contributed by atoms with van der Waals surface area (Å²) >= 11 is 0. The standard InChI is InChI=1S/C50H33NO/c1-4-12-34(13-5-1)36-20-21-38-31-39(23-22-37(38)30-36)40-26-29-49-47(32-40)48-33-46(44-18-10-11-19-45(44)50(48)52-49)35-24-27-43(28-25-35)51(41-14-6-2-7-15-41)42-16-8-3-9-17-42/h1-33H. The second-order valence-corrected chi connectivity index (χ2v) is 13.4. The quantitative estimate of drug-likeness (QED) is 0.176. The monoisotopic (exact) mass is 663 g/mol. The third kappa shape index (κ3) is 5.21. The molecule has 10 aromatic rings. The average Bonchev–Trinajstić information content (AvgIpc) is 3.60. The molecule has 0 aliphatic rings. The van der Waals surface area contributed by atoms with Gasteiger partial charge in [-0.2, -0.15) is 0 Å². The number of hydrogen-bond acceptors (Lipinski definition) is 2. The zero-order chi connectivity index (χ0) is 34.4. The van der Waals surface area contributed by atoms with Crippen LogP contribution in [-0.4, -0.2) is 0 Å². The molecule has 0 amide bonds. The van der Waals surface area contributed by atoms with Crippen molar-refractivity contribution in [2.45, 2.75) is 0 Å². The lowest BCUT2D eigenvalue weighted by Gasteiger charge is -2.25. The highest BCUT2D eigenvalue weighted by Crippen LogP contribution is 2.42. The molecule has 0 saturated carbocycles. The predicted octanol–water partition coefficient (Wildman–Crippen LogP) is 14.4. The Balaban J connectivity index is 1.07. The van der Waals surface area contributed by atoms with E-state index in [2.05, 4.69) is 205 Å². The second kappa shape index (κ2) is 12.5. The minimum Gasteiger partial charge on any atom is -0.455 e. The van der Waals surface area contributed by atoms with Crippen molar-refractivity contribution in [3.8, 4) is 33.4 Å². The first-order valence-corrected chi connectivity index (χ1v) is 17.8. The van der Waals surface area contributed by atoms with Gasteiger partial charge in [-0.3, -0.25) is 0 Å². The minimum atomic E-state index is 0.894. The maximum absolute atomic E-state index is 6.61. The van der Waals surface area contributed by atoms with E-state index in [4.69, 9.17) is 4.42 Å². The Morgan fingerprint density at radius 2 is 0.808 bits per heavy atom. The SMILES string of the molecule is c1ccc(-c2ccc3cc(-c4ccc5oc6c7ccccc7c(-c7ccc(N(c8ccccc8)c8ccccc8)cc7)cc6c5c4)ccc3c2)cc1. The van der Waals surface area contributed by atoms with Crippen molar-refractivity contribution in [3.63, 3.8) is 0 Å². The molecule has 244 valence electrons. The lowest BCUT2D eigenvalue weighted by molar-refractivity contribution is 0.673. The van der Waals surface area contributed by atoms with Crippen molar-refractivity contribution in [2.75, 3.05) is 4.90 Å². The summed E-state index contributed by atoms with van der Waals surface area (Å²) in [5.41, 5.74) is 12.3. The van der Waals surface area contributed by atoms with Crippen molar-refractivity contribution < 1.29 is 4.42 Å². The van der Waals surface area contributed by atoms with Crippen LogP contribution in [0.2, 0.25) is 0 Å². The van der Waals surface area contributed by atoms with Crippen LogP contribution in [-0.2, 0) is 0 Å². The first-order chi connectivity index (χ1) is 25.8. The van der Waals surface area contributed by atoms with E-state index in [0.29, 0.717) is 0 Å². The van der Waals surface area contributed by atoms with Crippen LogP contribution in [0.4, 0.5) is 17.1 Å². The van der Waals surface area contributed by atoms with Gasteiger partial charge in [-0.15, -0.1) is 0 Å². The van der Waals surface area contributed by atoms with E-state index in [1.165, 1.54) is 44.0 Å². The molecular formula is C50H33NO. The van der Waals surface area contributed by atoms with Crippen LogP contribution in [0.3, 0.4) is 0 Å². The predicted molar refractivity (Wildman–Crippen MR) is 220 cm³/mol. The second-order valence-electron chi connectivity index (χ2n) is 13.4. The van der Waals surface area contributed by atoms with E-state index in [9.17, 15) is 0 Å². The number of para-hydroxylation sites is 2. The molecule has 10 rings (SSSR count). The van der Waals surface area contributed by atoms with Gasteiger partial charge in [0, 0.05) is 33.2 Å². The number of furan rings is 1. The summed E-state index contributed by atoms with van der Waals surface area (Å²) in [4.78, 5) is 2.30. The molecule has 0 bridgehead atoms. The molecule has 0 saturated heterocycles. The number of benzene rings is 9. The first-order valence-electron chi connectivity index (χ1n) is 17.8. The molecule has 0 aliphatic carbocycles. The Labute approximate surface area is 302 Å². The molecule has 1 heterocycles. The molecule has 0 unspecified atom stereocenters. The fraction of sp³-hybridized carbons (Fsp3) is 0. The summed E-state index contributed by atoms with van der Waals surface area (Å²) in [6.07, 6.45) is 0. The number of nitrogens with zero attached hydrogens (tertiary/aromatic N) is 1. The zero-order valence-corrected chi connectivity index (χ0v) is 28.4. The van der Waals surface area contributed by atoms with Crippen LogP contribution in [0.25, 0.3) is 76.9 Å². The van der Waals surface area contributed by atoms with E-state index in [0.717, 1.165) is 50.0 Å². The zero-order valence-electron chi connectivity index (χ0n) is 28.4. The van der Waals surface area contributed by atoms with Crippen molar-refractivity contribution in [2.24, 2.45) is 0 Å². The molecule has 0 spiro atoms. The van der Waals surface area contributed by atoms with Crippen LogP contribution >= 0.6 is 0 Å². The fourth-order valence-corrected chi connectivity index (χ4v) is 7.64. The minimum absolute atomic E-state index is 0.894. The highest BCUT2D eigenvalue weighted by atomic mass is 16.3. The molecule has 0 atom stereocenters. The van der Waals surface area contributed by atoms with Gasteiger partial charge in [-0.25, -0.2) is 0 Å². The highest BCUT2D eigenvalue weighted by molar-refractivity contribution is 6.19. The molecule has 9 aromatic carbocycles. The molecule has 2 nitrogen and oxygen atoms in total. The summed E-state index contributed by atoms with van der Waals surface area (Å²) < 4.78 is 6.61. The summed E-state index contributed by atoms with van der Waals surface area (Å²) in [7, 11) is 0. The fourth-order valence-electron chi connectivity index (χ4n) is 7.64. The Morgan fingerprint density at radius 1 is 0.308 bits per heavy atom. The maximum Gasteiger partial charge on any atom is 0.143 e. The van der Waals surface area contributed by atoms with Gasteiger partial charge in [0.1, 0.15) is 11.2 Å². The van der Waals surface area contributed by atoms with Crippen molar-refractivity contribution in [1.82, 2.24) is 0 Å². The van der Waals surface area contributed by atoms with Gasteiger partial charge in [-0.05, 0) is 116 Å². The van der Waals surface area contributed by atoms with Gasteiger partial charge < -0.3 is 9.32 Å². The maximum atomic E-state index is 6.61. The van der Waals surface area contributed by atoms with Crippen molar-refractivity contribution in [1.29, 1.82) is 0 Å². The average molecular weight is 664 g/mol. The van der Waals surface area contributed by atoms with Crippen LogP contribution in [0.5, 0.6) is 0 Å². The number of fused-ring (bicyclic) bond motifs is 6. The van der Waals surface area contributed by atoms with E-state index in [1.807, 2.05) is 0 Å². The molecule has 1 aromatic heterocycles. The third-order valence-electron chi connectivity index (χ3n) is 10.2. The highest BCUT2D eigenvalue weighted by Gasteiger charge is 2.17. The van der Waals surface area contributed by atoms with Crippen LogP contribution in [0, 0.1) is 0 Å². The normalized spacial score (nSPS) is 11.5. The van der Waals surface area contributed by atoms with E-state index in [1.54, 1.807) is 0 Å². The lowest BCUT2D eigenvalue weighted by atomic mass is 9.94. The molecule has 0 N–H and O–H groups in total. The van der Waals surface area contributed by atoms with Gasteiger partial charge in [-0.1, -0.05) is 133 Å². The number of hydrogen-bond donors (Lipinski definition) is 0. The Morgan fingerprint density at radius 3 is 1.46 bits per heavy atom. The largest absolute Gasteiger partial charge is 0.455 e. The number of anilines is 3. The van der Waals surface area contributed by atoms with Gasteiger partial charge in [0.25, 0.3) is 0 Å². The number of rotatable bonds is 6. The van der Waals surface area contributed by atoms with Crippen molar-refractivity contribution in [3.05, 3.63) is 200 Å². The van der Waals surface area contributed by atoms with Crippen LogP contribution in [0.1, 0.15) is 0 Å². The Bertz CT molecular complexity index is 2830. The van der Waals surface area contributed by atoms with Crippen LogP contribution in [0.15, 0.2) is 205 Å². The van der Waals surface area contributed by atoms with E-state index >= 15 is 0 Å².